The number of aromatic amines is 2. The Morgan fingerprint density at radius 3 is 1.94 bits per heavy atom. The number of nitrogens with zero attached hydrogens (tertiary/aromatic N) is 1. The van der Waals surface area contributed by atoms with E-state index in [0.717, 1.165) is 6.07 Å². The van der Waals surface area contributed by atoms with Crippen molar-refractivity contribution in [3.63, 3.8) is 0 Å². The first-order valence-electron chi connectivity index (χ1n) is 8.41. The third kappa shape index (κ3) is 5.11. The van der Waals surface area contributed by atoms with Crippen molar-refractivity contribution >= 4 is 44.6 Å². The third-order valence-electron chi connectivity index (χ3n) is 4.06. The highest BCUT2D eigenvalue weighted by Crippen LogP contribution is 2.41. The van der Waals surface area contributed by atoms with Crippen LogP contribution in [0.5, 0.6) is 11.5 Å². The molecule has 1 aromatic heterocycles. The molecule has 16 heteroatoms. The lowest BCUT2D eigenvalue weighted by atomic mass is 10.2. The van der Waals surface area contributed by atoms with Gasteiger partial charge in [-0.25, -0.2) is 27.4 Å². The number of H-pyrrole nitrogens is 2. The quantitative estimate of drug-likeness (QED) is 0.505. The first-order valence-corrected chi connectivity index (χ1v) is 11.0. The minimum atomic E-state index is -5.62. The monoisotopic (exact) mass is 545 g/mol. The zero-order valence-electron chi connectivity index (χ0n) is 15.7. The Morgan fingerprint density at radius 1 is 0.909 bits per heavy atom. The van der Waals surface area contributed by atoms with E-state index in [1.165, 1.54) is 12.1 Å². The van der Waals surface area contributed by atoms with Gasteiger partial charge in [-0.3, -0.25) is 9.97 Å². The Kier molecular flexibility index (Phi) is 6.71. The molecule has 2 aromatic carbocycles. The van der Waals surface area contributed by atoms with E-state index in [0.29, 0.717) is 16.7 Å². The fourth-order valence-corrected chi connectivity index (χ4v) is 4.24. The molecule has 0 bridgehead atoms. The van der Waals surface area contributed by atoms with Gasteiger partial charge in [0.25, 0.3) is 9.84 Å². The summed E-state index contributed by atoms with van der Waals surface area (Å²) in [6, 6.07) is 4.65. The first kappa shape index (κ1) is 24.9. The number of halogens is 6. The predicted octanol–water partition coefficient (Wildman–Crippen LogP) is 3.32. The summed E-state index contributed by atoms with van der Waals surface area (Å²) in [4.78, 5) is 37.4. The van der Waals surface area contributed by atoms with Crippen molar-refractivity contribution in [1.29, 1.82) is 0 Å². The molecular formula is C17H9Cl3F3N3O6S. The van der Waals surface area contributed by atoms with Gasteiger partial charge in [-0.2, -0.15) is 13.2 Å². The molecule has 33 heavy (non-hydrogen) atoms. The molecule has 0 radical (unpaired) electrons. The topological polar surface area (TPSA) is 131 Å². The summed E-state index contributed by atoms with van der Waals surface area (Å²) in [5.74, 6) is -0.430. The Labute approximate surface area is 196 Å². The normalized spacial score (nSPS) is 12.1. The van der Waals surface area contributed by atoms with Crippen molar-refractivity contribution in [2.24, 2.45) is 0 Å². The van der Waals surface area contributed by atoms with Crippen LogP contribution in [0.3, 0.4) is 0 Å². The fraction of sp³-hybridized carbons (Fsp3) is 0.118. The molecule has 0 unspecified atom stereocenters. The second-order valence-corrected chi connectivity index (χ2v) is 9.47. The van der Waals surface area contributed by atoms with E-state index in [1.54, 1.807) is 0 Å². The van der Waals surface area contributed by atoms with Crippen LogP contribution in [0.15, 0.2) is 49.6 Å². The number of hydrogen-bond acceptors (Lipinski definition) is 6. The van der Waals surface area contributed by atoms with Crippen LogP contribution in [0.2, 0.25) is 15.1 Å². The van der Waals surface area contributed by atoms with Crippen LogP contribution in [-0.2, 0) is 16.4 Å². The molecule has 0 fully saturated rings. The van der Waals surface area contributed by atoms with Crippen LogP contribution in [0.25, 0.3) is 0 Å². The van der Waals surface area contributed by atoms with Gasteiger partial charge < -0.3 is 4.74 Å². The third-order valence-corrected chi connectivity index (χ3v) is 6.40. The minimum absolute atomic E-state index is 0.130. The Hall–Kier alpha value is -2.74. The van der Waals surface area contributed by atoms with Crippen molar-refractivity contribution in [2.45, 2.75) is 16.9 Å². The summed E-state index contributed by atoms with van der Waals surface area (Å²) in [7, 11) is -5.62. The maximum Gasteiger partial charge on any atom is 0.501 e. The molecule has 0 saturated heterocycles. The first-order chi connectivity index (χ1) is 15.2. The van der Waals surface area contributed by atoms with E-state index in [9.17, 15) is 36.0 Å². The summed E-state index contributed by atoms with van der Waals surface area (Å²) in [5, 5.41) is -0.730. The van der Waals surface area contributed by atoms with Crippen molar-refractivity contribution in [1.82, 2.24) is 14.5 Å². The van der Waals surface area contributed by atoms with Gasteiger partial charge in [0.1, 0.15) is 5.75 Å². The lowest BCUT2D eigenvalue weighted by Gasteiger charge is -2.14. The number of rotatable bonds is 5. The van der Waals surface area contributed by atoms with Gasteiger partial charge in [-0.15, -0.1) is 0 Å². The second-order valence-electron chi connectivity index (χ2n) is 6.31. The molecule has 0 aliphatic heterocycles. The molecule has 0 amide bonds. The van der Waals surface area contributed by atoms with Crippen LogP contribution in [0.1, 0.15) is 5.56 Å². The Bertz CT molecular complexity index is 1470. The Balaban J connectivity index is 1.93. The largest absolute Gasteiger partial charge is 0.501 e. The van der Waals surface area contributed by atoms with Crippen LogP contribution < -0.4 is 21.8 Å². The Morgan fingerprint density at radius 2 is 1.45 bits per heavy atom. The summed E-state index contributed by atoms with van der Waals surface area (Å²) in [6.07, 6.45) is 0. The van der Waals surface area contributed by atoms with Gasteiger partial charge in [0.2, 0.25) is 0 Å². The summed E-state index contributed by atoms with van der Waals surface area (Å²) in [5.41, 5.74) is -8.19. The maximum atomic E-state index is 12.7. The smallest absolute Gasteiger partial charge is 0.453 e. The standard InChI is InChI=1S/C17H9Cl3F3N3O6S/c18-9-5-8(33(30,31)17(21,22)23)1-2-12(9)32-13-10(19)3-7(4-11(13)20)6-26-15(28)24-14(27)25-16(26)29/h1-5H,6H2,(H2,24,25,27,28,29). The van der Waals surface area contributed by atoms with Gasteiger partial charge >= 0.3 is 22.6 Å². The summed E-state index contributed by atoms with van der Waals surface area (Å²) in [6.45, 7) is -0.324. The van der Waals surface area contributed by atoms with Crippen LogP contribution in [0.4, 0.5) is 13.2 Å². The molecule has 0 spiro atoms. The highest BCUT2D eigenvalue weighted by molar-refractivity contribution is 7.92. The van der Waals surface area contributed by atoms with Gasteiger partial charge in [0.05, 0.1) is 26.5 Å². The van der Waals surface area contributed by atoms with Crippen molar-refractivity contribution in [3.8, 4) is 11.5 Å². The average molecular weight is 547 g/mol. The molecule has 2 N–H and O–H groups in total. The van der Waals surface area contributed by atoms with E-state index in [-0.39, 0.29) is 33.7 Å². The minimum Gasteiger partial charge on any atom is -0.453 e. The zero-order chi connectivity index (χ0) is 24.7. The SMILES string of the molecule is O=c1[nH]c(=O)n(Cc2cc(Cl)c(Oc3ccc(S(=O)(=O)C(F)(F)F)cc3Cl)c(Cl)c2)c(=O)[nH]1. The van der Waals surface area contributed by atoms with Crippen LogP contribution in [0, 0.1) is 0 Å². The van der Waals surface area contributed by atoms with E-state index >= 15 is 0 Å². The lowest BCUT2D eigenvalue weighted by molar-refractivity contribution is -0.0436. The highest BCUT2D eigenvalue weighted by Gasteiger charge is 2.47. The van der Waals surface area contributed by atoms with Crippen molar-refractivity contribution in [3.05, 3.63) is 82.4 Å². The predicted molar refractivity (Wildman–Crippen MR) is 112 cm³/mol. The molecule has 1 heterocycles. The van der Waals surface area contributed by atoms with Crippen LogP contribution >= 0.6 is 34.8 Å². The molecule has 0 saturated carbocycles. The summed E-state index contributed by atoms with van der Waals surface area (Å²) < 4.78 is 67.2. The molecule has 0 atom stereocenters. The average Bonchev–Trinajstić information content (AvgIpc) is 2.67. The van der Waals surface area contributed by atoms with Gasteiger partial charge in [0.15, 0.2) is 5.75 Å². The number of nitrogens with one attached hydrogen (secondary N) is 2. The number of alkyl halides is 3. The number of hydrogen-bond donors (Lipinski definition) is 2. The molecule has 0 aliphatic rings. The van der Waals surface area contributed by atoms with Crippen LogP contribution in [-0.4, -0.2) is 28.5 Å². The zero-order valence-corrected chi connectivity index (χ0v) is 18.8. The molecule has 3 rings (SSSR count). The van der Waals surface area contributed by atoms with Crippen molar-refractivity contribution < 1.29 is 26.3 Å². The van der Waals surface area contributed by atoms with Crippen molar-refractivity contribution in [2.75, 3.05) is 0 Å². The maximum absolute atomic E-state index is 12.7. The molecule has 3 aromatic rings. The van der Waals surface area contributed by atoms with Gasteiger partial charge in [0, 0.05) is 0 Å². The van der Waals surface area contributed by atoms with Gasteiger partial charge in [-0.05, 0) is 35.9 Å². The molecule has 176 valence electrons. The molecule has 0 aliphatic carbocycles. The van der Waals surface area contributed by atoms with E-state index in [1.807, 2.05) is 9.97 Å². The van der Waals surface area contributed by atoms with E-state index in [4.69, 9.17) is 39.5 Å². The lowest BCUT2D eigenvalue weighted by Crippen LogP contribution is -2.43. The number of aromatic nitrogens is 3. The number of ether oxygens (including phenoxy) is 1. The number of sulfone groups is 1. The summed E-state index contributed by atoms with van der Waals surface area (Å²) >= 11 is 18.2. The molecule has 9 nitrogen and oxygen atoms in total. The fourth-order valence-electron chi connectivity index (χ4n) is 2.56. The van der Waals surface area contributed by atoms with E-state index < -0.39 is 42.3 Å². The highest BCUT2D eigenvalue weighted by atomic mass is 35.5. The molecular weight excluding hydrogens is 538 g/mol. The van der Waals surface area contributed by atoms with Gasteiger partial charge in [-0.1, -0.05) is 34.8 Å². The second kappa shape index (κ2) is 8.89. The van der Waals surface area contributed by atoms with E-state index in [2.05, 4.69) is 0 Å². The number of benzene rings is 2.